The van der Waals surface area contributed by atoms with Gasteiger partial charge in [-0.25, -0.2) is 0 Å². The molecular weight excluding hydrogens is 146 g/mol. The van der Waals surface area contributed by atoms with Gasteiger partial charge in [-0.2, -0.15) is 0 Å². The predicted molar refractivity (Wildman–Crippen MR) is 45.3 cm³/mol. The summed E-state index contributed by atoms with van der Waals surface area (Å²) in [5, 5.41) is 0. The minimum atomic E-state index is 0.744. The Balaban J connectivity index is 2.13. The second-order valence-electron chi connectivity index (χ2n) is 2.99. The van der Waals surface area contributed by atoms with Crippen molar-refractivity contribution in [2.75, 3.05) is 38.9 Å². The smallest absolute Gasteiger partial charge is 0.0921 e. The summed E-state index contributed by atoms with van der Waals surface area (Å²) in [5.41, 5.74) is 0. The van der Waals surface area contributed by atoms with Gasteiger partial charge in [0, 0.05) is 18.2 Å². The highest BCUT2D eigenvalue weighted by Gasteiger charge is 2.14. The van der Waals surface area contributed by atoms with Crippen LogP contribution in [0.4, 0.5) is 0 Å². The molecule has 0 saturated carbocycles. The van der Waals surface area contributed by atoms with Crippen LogP contribution in [0, 0.1) is 5.92 Å². The van der Waals surface area contributed by atoms with Crippen molar-refractivity contribution in [3.05, 3.63) is 0 Å². The zero-order valence-corrected chi connectivity index (χ0v) is 7.49. The lowest BCUT2D eigenvalue weighted by Gasteiger charge is -2.24. The van der Waals surface area contributed by atoms with E-state index in [9.17, 15) is 0 Å². The summed E-state index contributed by atoms with van der Waals surface area (Å²) in [5.74, 6) is 2.90. The number of nitrogens with zero attached hydrogens (tertiary/aromatic N) is 1. The van der Waals surface area contributed by atoms with Crippen molar-refractivity contribution >= 4 is 11.8 Å². The summed E-state index contributed by atoms with van der Waals surface area (Å²) in [6, 6.07) is 0. The Labute approximate surface area is 66.9 Å². The number of rotatable bonds is 2. The van der Waals surface area contributed by atoms with Crippen molar-refractivity contribution in [1.29, 1.82) is 0 Å². The summed E-state index contributed by atoms with van der Waals surface area (Å²) in [4.78, 5) is 2.22. The summed E-state index contributed by atoms with van der Waals surface area (Å²) in [6.45, 7) is 2.11. The zero-order valence-electron chi connectivity index (χ0n) is 6.67. The SMILES string of the molecule is CN(C)CC1COCSC1. The van der Waals surface area contributed by atoms with E-state index >= 15 is 0 Å². The first kappa shape index (κ1) is 8.37. The molecule has 0 aromatic carbocycles. The van der Waals surface area contributed by atoms with E-state index < -0.39 is 0 Å². The van der Waals surface area contributed by atoms with Crippen molar-refractivity contribution < 1.29 is 4.74 Å². The Morgan fingerprint density at radius 1 is 1.60 bits per heavy atom. The Hall–Kier alpha value is 0.270. The fraction of sp³-hybridized carbons (Fsp3) is 1.00. The highest BCUT2D eigenvalue weighted by Crippen LogP contribution is 2.16. The average Bonchev–Trinajstić information content (AvgIpc) is 1.88. The van der Waals surface area contributed by atoms with Gasteiger partial charge in [0.2, 0.25) is 0 Å². The lowest BCUT2D eigenvalue weighted by molar-refractivity contribution is 0.124. The van der Waals surface area contributed by atoms with Gasteiger partial charge in [-0.3, -0.25) is 0 Å². The highest BCUT2D eigenvalue weighted by atomic mass is 32.2. The van der Waals surface area contributed by atoms with Gasteiger partial charge in [-0.1, -0.05) is 0 Å². The van der Waals surface area contributed by atoms with Crippen LogP contribution >= 0.6 is 11.8 Å². The minimum Gasteiger partial charge on any atom is -0.370 e. The van der Waals surface area contributed by atoms with Gasteiger partial charge in [0.05, 0.1) is 12.5 Å². The molecule has 10 heavy (non-hydrogen) atoms. The van der Waals surface area contributed by atoms with E-state index in [4.69, 9.17) is 4.74 Å². The van der Waals surface area contributed by atoms with Crippen molar-refractivity contribution in [3.8, 4) is 0 Å². The molecule has 2 nitrogen and oxygen atoms in total. The lowest BCUT2D eigenvalue weighted by Crippen LogP contribution is -2.29. The van der Waals surface area contributed by atoms with E-state index in [-0.39, 0.29) is 0 Å². The summed E-state index contributed by atoms with van der Waals surface area (Å²) < 4.78 is 5.32. The van der Waals surface area contributed by atoms with Gasteiger partial charge < -0.3 is 9.64 Å². The second kappa shape index (κ2) is 4.21. The monoisotopic (exact) mass is 161 g/mol. The van der Waals surface area contributed by atoms with E-state index in [1.54, 1.807) is 0 Å². The molecule has 1 unspecified atom stereocenters. The van der Waals surface area contributed by atoms with Crippen LogP contribution in [-0.2, 0) is 4.74 Å². The molecule has 1 heterocycles. The molecule has 0 radical (unpaired) electrons. The molecular formula is C7H15NOS. The maximum Gasteiger partial charge on any atom is 0.0921 e. The lowest BCUT2D eigenvalue weighted by atomic mass is 10.2. The maximum absolute atomic E-state index is 5.32. The first-order valence-corrected chi connectivity index (χ1v) is 4.74. The Bertz CT molecular complexity index is 91.6. The van der Waals surface area contributed by atoms with Gasteiger partial charge in [0.1, 0.15) is 0 Å². The van der Waals surface area contributed by atoms with Gasteiger partial charge in [0.15, 0.2) is 0 Å². The van der Waals surface area contributed by atoms with Crippen LogP contribution in [0.3, 0.4) is 0 Å². The number of ether oxygens (including phenoxy) is 1. The van der Waals surface area contributed by atoms with E-state index in [0.717, 1.165) is 25.0 Å². The standard InChI is InChI=1S/C7H15NOS/c1-8(2)3-7-4-9-6-10-5-7/h7H,3-6H2,1-2H3. The molecule has 0 bridgehead atoms. The third-order valence-corrected chi connectivity index (χ3v) is 2.54. The van der Waals surface area contributed by atoms with Gasteiger partial charge in [0.25, 0.3) is 0 Å². The van der Waals surface area contributed by atoms with Crippen LogP contribution in [-0.4, -0.2) is 43.8 Å². The van der Waals surface area contributed by atoms with Crippen LogP contribution in [0.25, 0.3) is 0 Å². The molecule has 1 aliphatic rings. The van der Waals surface area contributed by atoms with Gasteiger partial charge in [-0.05, 0) is 14.1 Å². The second-order valence-corrected chi connectivity index (χ2v) is 3.96. The highest BCUT2D eigenvalue weighted by molar-refractivity contribution is 7.99. The first-order chi connectivity index (χ1) is 4.79. The Morgan fingerprint density at radius 3 is 2.90 bits per heavy atom. The third-order valence-electron chi connectivity index (χ3n) is 1.50. The van der Waals surface area contributed by atoms with Crippen molar-refractivity contribution in [1.82, 2.24) is 4.90 Å². The minimum absolute atomic E-state index is 0.744. The molecule has 60 valence electrons. The van der Waals surface area contributed by atoms with Crippen molar-refractivity contribution in [2.45, 2.75) is 0 Å². The maximum atomic E-state index is 5.32. The van der Waals surface area contributed by atoms with E-state index in [1.165, 1.54) is 5.75 Å². The molecule has 3 heteroatoms. The van der Waals surface area contributed by atoms with Crippen LogP contribution in [0.5, 0.6) is 0 Å². The van der Waals surface area contributed by atoms with Gasteiger partial charge >= 0.3 is 0 Å². The molecule has 0 aromatic heterocycles. The zero-order chi connectivity index (χ0) is 7.40. The molecule has 0 aromatic rings. The van der Waals surface area contributed by atoms with E-state index in [1.807, 2.05) is 11.8 Å². The topological polar surface area (TPSA) is 12.5 Å². The molecule has 0 spiro atoms. The van der Waals surface area contributed by atoms with Crippen LogP contribution in [0.15, 0.2) is 0 Å². The average molecular weight is 161 g/mol. The van der Waals surface area contributed by atoms with E-state index in [2.05, 4.69) is 19.0 Å². The summed E-state index contributed by atoms with van der Waals surface area (Å²) in [7, 11) is 4.22. The fourth-order valence-electron chi connectivity index (χ4n) is 1.16. The van der Waals surface area contributed by atoms with Gasteiger partial charge in [-0.15, -0.1) is 11.8 Å². The molecule has 0 aliphatic carbocycles. The number of thioether (sulfide) groups is 1. The van der Waals surface area contributed by atoms with Crippen molar-refractivity contribution in [2.24, 2.45) is 5.92 Å². The van der Waals surface area contributed by atoms with Crippen LogP contribution < -0.4 is 0 Å². The Kier molecular flexibility index (Phi) is 3.52. The first-order valence-electron chi connectivity index (χ1n) is 3.59. The molecule has 1 saturated heterocycles. The van der Waals surface area contributed by atoms with Crippen LogP contribution in [0.1, 0.15) is 0 Å². The van der Waals surface area contributed by atoms with Crippen molar-refractivity contribution in [3.63, 3.8) is 0 Å². The summed E-state index contributed by atoms with van der Waals surface area (Å²) in [6.07, 6.45) is 0. The largest absolute Gasteiger partial charge is 0.370 e. The molecule has 1 fully saturated rings. The molecule has 1 atom stereocenters. The number of hydrogen-bond acceptors (Lipinski definition) is 3. The predicted octanol–water partition coefficient (Wildman–Crippen LogP) is 0.885. The third kappa shape index (κ3) is 2.90. The normalized spacial score (nSPS) is 27.3. The molecule has 1 rings (SSSR count). The molecule has 0 amide bonds. The summed E-state index contributed by atoms with van der Waals surface area (Å²) >= 11 is 1.90. The quantitative estimate of drug-likeness (QED) is 0.596. The fourth-order valence-corrected chi connectivity index (χ4v) is 2.00. The Morgan fingerprint density at radius 2 is 2.40 bits per heavy atom. The van der Waals surface area contributed by atoms with Crippen LogP contribution in [0.2, 0.25) is 0 Å². The molecule has 1 aliphatic heterocycles. The molecule has 0 N–H and O–H groups in total. The number of hydrogen-bond donors (Lipinski definition) is 0. The van der Waals surface area contributed by atoms with E-state index in [0.29, 0.717) is 0 Å².